The van der Waals surface area contributed by atoms with Gasteiger partial charge in [0.1, 0.15) is 0 Å². The number of methoxy groups -OCH3 is 2. The third-order valence-electron chi connectivity index (χ3n) is 4.33. The summed E-state index contributed by atoms with van der Waals surface area (Å²) in [7, 11) is 3.31. The predicted octanol–water partition coefficient (Wildman–Crippen LogP) is 0.773. The van der Waals surface area contributed by atoms with E-state index in [-0.39, 0.29) is 11.8 Å². The van der Waals surface area contributed by atoms with Crippen molar-refractivity contribution in [3.63, 3.8) is 0 Å². The second-order valence-corrected chi connectivity index (χ2v) is 5.93. The number of amides is 1. The minimum absolute atomic E-state index is 0.0244. The smallest absolute Gasteiger partial charge is 0.224 e. The Morgan fingerprint density at radius 1 is 1.30 bits per heavy atom. The maximum absolute atomic E-state index is 11.7. The van der Waals surface area contributed by atoms with Crippen LogP contribution in [0.4, 0.5) is 0 Å². The van der Waals surface area contributed by atoms with E-state index in [1.54, 1.807) is 14.2 Å². The number of carbonyl (C=O) groups excluding carboxylic acids is 1. The number of nitrogens with one attached hydrogen (secondary N) is 1. The zero-order valence-corrected chi connectivity index (χ0v) is 14.2. The van der Waals surface area contributed by atoms with Crippen LogP contribution < -0.4 is 20.5 Å². The van der Waals surface area contributed by atoms with E-state index in [1.165, 1.54) is 11.1 Å². The number of ether oxygens (including phenoxy) is 2. The van der Waals surface area contributed by atoms with Gasteiger partial charge in [0, 0.05) is 38.6 Å². The minimum atomic E-state index is -0.131. The van der Waals surface area contributed by atoms with Crippen molar-refractivity contribution in [1.29, 1.82) is 0 Å². The first kappa shape index (κ1) is 17.6. The van der Waals surface area contributed by atoms with Gasteiger partial charge in [-0.05, 0) is 29.7 Å². The highest BCUT2D eigenvalue weighted by Crippen LogP contribution is 2.33. The third-order valence-corrected chi connectivity index (χ3v) is 4.33. The molecule has 0 bridgehead atoms. The van der Waals surface area contributed by atoms with Gasteiger partial charge in [0.25, 0.3) is 0 Å². The molecule has 23 heavy (non-hydrogen) atoms. The van der Waals surface area contributed by atoms with Crippen LogP contribution in [0.3, 0.4) is 0 Å². The van der Waals surface area contributed by atoms with Gasteiger partial charge >= 0.3 is 0 Å². The zero-order chi connectivity index (χ0) is 16.8. The molecule has 1 heterocycles. The second kappa shape index (κ2) is 8.17. The molecule has 0 saturated heterocycles. The molecule has 0 saturated carbocycles. The van der Waals surface area contributed by atoms with Crippen LogP contribution in [-0.4, -0.2) is 51.2 Å². The molecule has 6 heteroatoms. The molecule has 1 aromatic carbocycles. The van der Waals surface area contributed by atoms with Gasteiger partial charge in [-0.2, -0.15) is 0 Å². The Labute approximate surface area is 137 Å². The number of fused-ring (bicyclic) bond motifs is 1. The average molecular weight is 321 g/mol. The summed E-state index contributed by atoms with van der Waals surface area (Å²) in [5.74, 6) is 1.44. The molecule has 128 valence electrons. The van der Waals surface area contributed by atoms with E-state index in [2.05, 4.69) is 22.3 Å². The number of hydrogen-bond donors (Lipinski definition) is 2. The first-order valence-corrected chi connectivity index (χ1v) is 8.03. The molecular weight excluding hydrogens is 294 g/mol. The summed E-state index contributed by atoms with van der Waals surface area (Å²) in [6, 6.07) is 4.12. The van der Waals surface area contributed by atoms with Gasteiger partial charge in [-0.15, -0.1) is 0 Å². The Bertz CT molecular complexity index is 548. The zero-order valence-electron chi connectivity index (χ0n) is 14.2. The normalized spacial score (nSPS) is 15.7. The lowest BCUT2D eigenvalue weighted by molar-refractivity contribution is -0.124. The fourth-order valence-electron chi connectivity index (χ4n) is 2.75. The Morgan fingerprint density at radius 3 is 2.57 bits per heavy atom. The van der Waals surface area contributed by atoms with Gasteiger partial charge in [0.15, 0.2) is 11.5 Å². The number of nitrogens with zero attached hydrogens (tertiary/aromatic N) is 1. The molecule has 0 aromatic heterocycles. The maximum atomic E-state index is 11.7. The SMILES string of the molecule is COc1cc2c(cc1OC)CN(CCNC(=O)C(C)CN)CC2. The lowest BCUT2D eigenvalue weighted by Crippen LogP contribution is -2.40. The summed E-state index contributed by atoms with van der Waals surface area (Å²) in [6.45, 7) is 5.53. The van der Waals surface area contributed by atoms with Crippen LogP contribution in [0.25, 0.3) is 0 Å². The largest absolute Gasteiger partial charge is 0.493 e. The van der Waals surface area contributed by atoms with Gasteiger partial charge in [-0.1, -0.05) is 6.92 Å². The first-order valence-electron chi connectivity index (χ1n) is 8.03. The van der Waals surface area contributed by atoms with E-state index < -0.39 is 0 Å². The van der Waals surface area contributed by atoms with E-state index in [0.29, 0.717) is 13.1 Å². The molecular formula is C17H27N3O3. The number of nitrogens with two attached hydrogens (primary N) is 1. The van der Waals surface area contributed by atoms with Crippen LogP contribution >= 0.6 is 0 Å². The molecule has 3 N–H and O–H groups in total. The van der Waals surface area contributed by atoms with Crippen LogP contribution in [0.2, 0.25) is 0 Å². The van der Waals surface area contributed by atoms with Crippen molar-refractivity contribution in [2.24, 2.45) is 11.7 Å². The standard InChI is InChI=1S/C17H27N3O3/c1-12(10-18)17(21)19-5-7-20-6-4-13-8-15(22-2)16(23-3)9-14(13)11-20/h8-9,12H,4-7,10-11,18H2,1-3H3,(H,19,21). The topological polar surface area (TPSA) is 76.8 Å². The fourth-order valence-corrected chi connectivity index (χ4v) is 2.75. The molecule has 0 radical (unpaired) electrons. The number of benzene rings is 1. The van der Waals surface area contributed by atoms with E-state index in [0.717, 1.165) is 37.6 Å². The third kappa shape index (κ3) is 4.36. The van der Waals surface area contributed by atoms with Crippen molar-refractivity contribution in [1.82, 2.24) is 10.2 Å². The monoisotopic (exact) mass is 321 g/mol. The lowest BCUT2D eigenvalue weighted by Gasteiger charge is -2.29. The van der Waals surface area contributed by atoms with Crippen LogP contribution in [0, 0.1) is 5.92 Å². The molecule has 2 rings (SSSR count). The van der Waals surface area contributed by atoms with Gasteiger partial charge in [0.05, 0.1) is 14.2 Å². The fraction of sp³-hybridized carbons (Fsp3) is 0.588. The van der Waals surface area contributed by atoms with E-state index in [1.807, 2.05) is 6.92 Å². The van der Waals surface area contributed by atoms with Crippen molar-refractivity contribution >= 4 is 5.91 Å². The number of hydrogen-bond acceptors (Lipinski definition) is 5. The Morgan fingerprint density at radius 2 is 1.96 bits per heavy atom. The molecule has 0 fully saturated rings. The first-order chi connectivity index (χ1) is 11.1. The van der Waals surface area contributed by atoms with Crippen molar-refractivity contribution < 1.29 is 14.3 Å². The summed E-state index contributed by atoms with van der Waals surface area (Å²) in [5.41, 5.74) is 8.06. The Hall–Kier alpha value is -1.79. The van der Waals surface area contributed by atoms with E-state index in [9.17, 15) is 4.79 Å². The number of carbonyl (C=O) groups is 1. The van der Waals surface area contributed by atoms with Crippen molar-refractivity contribution in [3.8, 4) is 11.5 Å². The van der Waals surface area contributed by atoms with Crippen LogP contribution in [-0.2, 0) is 17.8 Å². The Balaban J connectivity index is 1.91. The molecule has 6 nitrogen and oxygen atoms in total. The minimum Gasteiger partial charge on any atom is -0.493 e. The summed E-state index contributed by atoms with van der Waals surface area (Å²) in [4.78, 5) is 14.1. The van der Waals surface area contributed by atoms with Gasteiger partial charge in [0.2, 0.25) is 5.91 Å². The summed E-state index contributed by atoms with van der Waals surface area (Å²) in [5, 5.41) is 2.94. The molecule has 0 spiro atoms. The van der Waals surface area contributed by atoms with E-state index in [4.69, 9.17) is 15.2 Å². The average Bonchev–Trinajstić information content (AvgIpc) is 2.59. The molecule has 1 aliphatic heterocycles. The summed E-state index contributed by atoms with van der Waals surface area (Å²) < 4.78 is 10.7. The highest BCUT2D eigenvalue weighted by Gasteiger charge is 2.19. The summed E-state index contributed by atoms with van der Waals surface area (Å²) in [6.07, 6.45) is 0.975. The second-order valence-electron chi connectivity index (χ2n) is 5.93. The summed E-state index contributed by atoms with van der Waals surface area (Å²) >= 11 is 0. The van der Waals surface area contributed by atoms with Crippen molar-refractivity contribution in [3.05, 3.63) is 23.3 Å². The van der Waals surface area contributed by atoms with Gasteiger partial charge in [-0.3, -0.25) is 9.69 Å². The Kier molecular flexibility index (Phi) is 6.24. The molecule has 1 aromatic rings. The van der Waals surface area contributed by atoms with Gasteiger partial charge in [-0.25, -0.2) is 0 Å². The van der Waals surface area contributed by atoms with Crippen LogP contribution in [0.15, 0.2) is 12.1 Å². The molecule has 1 atom stereocenters. The molecule has 1 amide bonds. The van der Waals surface area contributed by atoms with Crippen molar-refractivity contribution in [2.45, 2.75) is 19.9 Å². The molecule has 0 aliphatic carbocycles. The highest BCUT2D eigenvalue weighted by molar-refractivity contribution is 5.78. The molecule has 1 aliphatic rings. The van der Waals surface area contributed by atoms with Gasteiger partial charge < -0.3 is 20.5 Å². The van der Waals surface area contributed by atoms with Crippen LogP contribution in [0.5, 0.6) is 11.5 Å². The number of rotatable bonds is 7. The highest BCUT2D eigenvalue weighted by atomic mass is 16.5. The van der Waals surface area contributed by atoms with Crippen molar-refractivity contribution in [2.75, 3.05) is 40.4 Å². The molecule has 1 unspecified atom stereocenters. The predicted molar refractivity (Wildman–Crippen MR) is 89.8 cm³/mol. The van der Waals surface area contributed by atoms with Crippen LogP contribution in [0.1, 0.15) is 18.1 Å². The van der Waals surface area contributed by atoms with E-state index >= 15 is 0 Å². The lowest BCUT2D eigenvalue weighted by atomic mass is 9.99. The quantitative estimate of drug-likeness (QED) is 0.776. The maximum Gasteiger partial charge on any atom is 0.224 e.